The van der Waals surface area contributed by atoms with E-state index in [9.17, 15) is 8.42 Å². The smallest absolute Gasteiger partial charge is 0.252 e. The summed E-state index contributed by atoms with van der Waals surface area (Å²) in [5.41, 5.74) is 8.11. The molecule has 0 bridgehead atoms. The summed E-state index contributed by atoms with van der Waals surface area (Å²) in [4.78, 5) is 0. The highest BCUT2D eigenvalue weighted by molar-refractivity contribution is 9.11. The van der Waals surface area contributed by atoms with Crippen molar-refractivity contribution in [2.45, 2.75) is 17.7 Å². The summed E-state index contributed by atoms with van der Waals surface area (Å²) in [5, 5.41) is 0. The van der Waals surface area contributed by atoms with Gasteiger partial charge in [0.1, 0.15) is 4.21 Å². The van der Waals surface area contributed by atoms with Gasteiger partial charge in [-0.3, -0.25) is 0 Å². The normalized spacial score (nSPS) is 12.0. The highest BCUT2D eigenvalue weighted by atomic mass is 79.9. The van der Waals surface area contributed by atoms with Crippen molar-refractivity contribution in [3.8, 4) is 0 Å². The van der Waals surface area contributed by atoms with E-state index in [1.807, 2.05) is 19.1 Å². The Balaban J connectivity index is 2.23. The summed E-state index contributed by atoms with van der Waals surface area (Å²) in [6, 6.07) is 8.88. The van der Waals surface area contributed by atoms with Gasteiger partial charge in [-0.25, -0.2) is 8.42 Å². The lowest BCUT2D eigenvalue weighted by molar-refractivity contribution is 0.468. The van der Waals surface area contributed by atoms with Gasteiger partial charge in [0.25, 0.3) is 10.0 Å². The molecule has 0 saturated carbocycles. The summed E-state index contributed by atoms with van der Waals surface area (Å²) in [7, 11) is -1.88. The molecule has 108 valence electrons. The predicted molar refractivity (Wildman–Crippen MR) is 86.3 cm³/mol. The second-order valence-electron chi connectivity index (χ2n) is 4.52. The number of hydrogen-bond donors (Lipinski definition) is 1. The number of benzene rings is 1. The van der Waals surface area contributed by atoms with Crippen LogP contribution in [0.5, 0.6) is 0 Å². The van der Waals surface area contributed by atoms with E-state index < -0.39 is 10.0 Å². The second kappa shape index (κ2) is 5.85. The van der Waals surface area contributed by atoms with E-state index in [1.54, 1.807) is 25.2 Å². The lowest BCUT2D eigenvalue weighted by atomic mass is 10.2. The SMILES string of the molecule is Cc1cc(S(=O)(=O)N(C)Cc2ccc(N)cc2)sc1Br. The third-order valence-electron chi connectivity index (χ3n) is 2.88. The van der Waals surface area contributed by atoms with Crippen molar-refractivity contribution in [3.05, 3.63) is 45.2 Å². The van der Waals surface area contributed by atoms with Gasteiger partial charge in [0.2, 0.25) is 0 Å². The van der Waals surface area contributed by atoms with Crippen LogP contribution in [0.25, 0.3) is 0 Å². The maximum absolute atomic E-state index is 12.5. The molecule has 4 nitrogen and oxygen atoms in total. The molecule has 0 radical (unpaired) electrons. The lowest BCUT2D eigenvalue weighted by Gasteiger charge is -2.16. The molecule has 0 unspecified atom stereocenters. The third kappa shape index (κ3) is 3.22. The molecule has 0 fully saturated rings. The van der Waals surface area contributed by atoms with E-state index in [1.165, 1.54) is 15.6 Å². The number of hydrogen-bond acceptors (Lipinski definition) is 4. The Morgan fingerprint density at radius 1 is 1.30 bits per heavy atom. The van der Waals surface area contributed by atoms with Crippen molar-refractivity contribution in [2.75, 3.05) is 12.8 Å². The monoisotopic (exact) mass is 374 g/mol. The van der Waals surface area contributed by atoms with Crippen LogP contribution in [-0.2, 0) is 16.6 Å². The first kappa shape index (κ1) is 15.5. The van der Waals surface area contributed by atoms with Crippen LogP contribution in [0.4, 0.5) is 5.69 Å². The van der Waals surface area contributed by atoms with Gasteiger partial charge in [0, 0.05) is 19.3 Å². The van der Waals surface area contributed by atoms with Crippen molar-refractivity contribution in [1.82, 2.24) is 4.31 Å². The molecule has 0 saturated heterocycles. The van der Waals surface area contributed by atoms with Crippen molar-refractivity contribution in [1.29, 1.82) is 0 Å². The molecule has 7 heteroatoms. The van der Waals surface area contributed by atoms with Crippen LogP contribution in [0.15, 0.2) is 38.3 Å². The van der Waals surface area contributed by atoms with Gasteiger partial charge in [0.15, 0.2) is 0 Å². The fourth-order valence-corrected chi connectivity index (χ4v) is 5.27. The average molecular weight is 375 g/mol. The zero-order valence-corrected chi connectivity index (χ0v) is 14.3. The quantitative estimate of drug-likeness (QED) is 0.835. The Hall–Kier alpha value is -0.890. The fourth-order valence-electron chi connectivity index (χ4n) is 1.68. The van der Waals surface area contributed by atoms with E-state index in [0.717, 1.165) is 14.9 Å². The van der Waals surface area contributed by atoms with Crippen LogP contribution < -0.4 is 5.73 Å². The van der Waals surface area contributed by atoms with Crippen molar-refractivity contribution >= 4 is 43.0 Å². The molecule has 0 atom stereocenters. The molecule has 2 aromatic rings. The van der Waals surface area contributed by atoms with Crippen LogP contribution in [0.3, 0.4) is 0 Å². The molecular weight excluding hydrogens is 360 g/mol. The average Bonchev–Trinajstić information content (AvgIpc) is 2.73. The van der Waals surface area contributed by atoms with E-state index in [-0.39, 0.29) is 0 Å². The van der Waals surface area contributed by atoms with Crippen LogP contribution in [0.2, 0.25) is 0 Å². The Morgan fingerprint density at radius 3 is 2.40 bits per heavy atom. The molecule has 20 heavy (non-hydrogen) atoms. The van der Waals surface area contributed by atoms with Crippen LogP contribution in [0.1, 0.15) is 11.1 Å². The second-order valence-corrected chi connectivity index (χ2v) is 9.17. The molecule has 1 aromatic carbocycles. The summed E-state index contributed by atoms with van der Waals surface area (Å²) in [5.74, 6) is 0. The minimum Gasteiger partial charge on any atom is -0.399 e. The van der Waals surface area contributed by atoms with Crippen molar-refractivity contribution < 1.29 is 8.42 Å². The number of thiophene rings is 1. The number of nitrogen functional groups attached to an aromatic ring is 1. The van der Waals surface area contributed by atoms with Crippen LogP contribution in [-0.4, -0.2) is 19.8 Å². The van der Waals surface area contributed by atoms with Crippen LogP contribution in [0, 0.1) is 6.92 Å². The first-order chi connectivity index (χ1) is 9.30. The summed E-state index contributed by atoms with van der Waals surface area (Å²) in [6.07, 6.45) is 0. The van der Waals surface area contributed by atoms with Crippen molar-refractivity contribution in [3.63, 3.8) is 0 Å². The van der Waals surface area contributed by atoms with Gasteiger partial charge in [-0.2, -0.15) is 4.31 Å². The number of rotatable bonds is 4. The van der Waals surface area contributed by atoms with Gasteiger partial charge >= 0.3 is 0 Å². The van der Waals surface area contributed by atoms with Gasteiger partial charge in [-0.05, 0) is 52.2 Å². The Bertz CT molecular complexity index is 689. The Morgan fingerprint density at radius 2 is 1.90 bits per heavy atom. The fraction of sp³-hybridized carbons (Fsp3) is 0.231. The molecule has 0 spiro atoms. The molecule has 1 heterocycles. The first-order valence-electron chi connectivity index (χ1n) is 5.87. The minimum atomic E-state index is -3.46. The topological polar surface area (TPSA) is 63.4 Å². The summed E-state index contributed by atoms with van der Waals surface area (Å²) < 4.78 is 27.5. The Labute approximate surface area is 131 Å². The molecule has 1 aromatic heterocycles. The van der Waals surface area contributed by atoms with Crippen molar-refractivity contribution in [2.24, 2.45) is 0 Å². The maximum atomic E-state index is 12.5. The highest BCUT2D eigenvalue weighted by Gasteiger charge is 2.23. The predicted octanol–water partition coefficient (Wildman–Crippen LogP) is 3.22. The van der Waals surface area contributed by atoms with Gasteiger partial charge in [-0.15, -0.1) is 11.3 Å². The number of aryl methyl sites for hydroxylation is 1. The molecule has 2 N–H and O–H groups in total. The standard InChI is InChI=1S/C13H15BrN2O2S2/c1-9-7-12(19-13(9)14)20(17,18)16(2)8-10-3-5-11(15)6-4-10/h3-7H,8,15H2,1-2H3. The molecular formula is C13H15BrN2O2S2. The molecule has 2 rings (SSSR count). The highest BCUT2D eigenvalue weighted by Crippen LogP contribution is 2.32. The minimum absolute atomic E-state index is 0.317. The Kier molecular flexibility index (Phi) is 4.53. The number of halogens is 1. The molecule has 0 aliphatic heterocycles. The number of nitrogens with two attached hydrogens (primary N) is 1. The largest absolute Gasteiger partial charge is 0.399 e. The first-order valence-corrected chi connectivity index (χ1v) is 8.92. The third-order valence-corrected chi connectivity index (χ3v) is 7.27. The zero-order valence-electron chi connectivity index (χ0n) is 11.1. The number of anilines is 1. The maximum Gasteiger partial charge on any atom is 0.252 e. The van der Waals surface area contributed by atoms with Gasteiger partial charge in [0.05, 0.1) is 3.79 Å². The summed E-state index contributed by atoms with van der Waals surface area (Å²) >= 11 is 4.58. The molecule has 0 amide bonds. The van der Waals surface area contributed by atoms with Gasteiger partial charge in [-0.1, -0.05) is 12.1 Å². The van der Waals surface area contributed by atoms with E-state index in [2.05, 4.69) is 15.9 Å². The van der Waals surface area contributed by atoms with Gasteiger partial charge < -0.3 is 5.73 Å². The van der Waals surface area contributed by atoms with E-state index >= 15 is 0 Å². The van der Waals surface area contributed by atoms with E-state index in [0.29, 0.717) is 16.4 Å². The summed E-state index contributed by atoms with van der Waals surface area (Å²) in [6.45, 7) is 2.19. The lowest BCUT2D eigenvalue weighted by Crippen LogP contribution is -2.25. The number of nitrogens with zero attached hydrogens (tertiary/aromatic N) is 1. The van der Waals surface area contributed by atoms with Crippen LogP contribution >= 0.6 is 27.3 Å². The molecule has 0 aliphatic carbocycles. The zero-order chi connectivity index (χ0) is 14.9. The molecule has 0 aliphatic rings. The number of sulfonamides is 1. The van der Waals surface area contributed by atoms with E-state index in [4.69, 9.17) is 5.73 Å².